The van der Waals surface area contributed by atoms with Crippen LogP contribution in [0.25, 0.3) is 0 Å². The highest BCUT2D eigenvalue weighted by Crippen LogP contribution is 2.16. The van der Waals surface area contributed by atoms with E-state index < -0.39 is 23.1 Å². The number of hydrogen-bond donors (Lipinski definition) is 2. The molecule has 118 valence electrons. The number of hydrogen-bond acceptors (Lipinski definition) is 4. The summed E-state index contributed by atoms with van der Waals surface area (Å²) < 4.78 is 55.5. The van der Waals surface area contributed by atoms with Gasteiger partial charge in [-0.1, -0.05) is 0 Å². The van der Waals surface area contributed by atoms with Gasteiger partial charge in [0.1, 0.15) is 12.4 Å². The SMILES string of the molecule is O=S(=O)(NCC1CCCN1)c1ccc(OCC(F)F)cc1. The number of benzene rings is 1. The van der Waals surface area contributed by atoms with Gasteiger partial charge in [-0.3, -0.25) is 0 Å². The molecule has 1 atom stereocenters. The first-order valence-corrected chi connectivity index (χ1v) is 8.20. The second-order valence-electron chi connectivity index (χ2n) is 4.82. The van der Waals surface area contributed by atoms with Crippen LogP contribution in [-0.4, -0.2) is 40.6 Å². The van der Waals surface area contributed by atoms with Crippen molar-refractivity contribution in [2.75, 3.05) is 19.7 Å². The molecule has 1 fully saturated rings. The molecule has 0 amide bonds. The lowest BCUT2D eigenvalue weighted by Crippen LogP contribution is -2.37. The molecule has 1 aliphatic rings. The van der Waals surface area contributed by atoms with E-state index in [0.29, 0.717) is 6.54 Å². The maximum atomic E-state index is 12.1. The van der Waals surface area contributed by atoms with E-state index in [1.54, 1.807) is 0 Å². The maximum Gasteiger partial charge on any atom is 0.272 e. The van der Waals surface area contributed by atoms with Gasteiger partial charge in [0.15, 0.2) is 0 Å². The van der Waals surface area contributed by atoms with Crippen LogP contribution in [0.1, 0.15) is 12.8 Å². The fraction of sp³-hybridized carbons (Fsp3) is 0.538. The van der Waals surface area contributed by atoms with Crippen molar-refractivity contribution in [1.29, 1.82) is 0 Å². The van der Waals surface area contributed by atoms with Gasteiger partial charge in [-0.2, -0.15) is 0 Å². The summed E-state index contributed by atoms with van der Waals surface area (Å²) >= 11 is 0. The van der Waals surface area contributed by atoms with E-state index in [4.69, 9.17) is 4.74 Å². The lowest BCUT2D eigenvalue weighted by Gasteiger charge is -2.12. The predicted octanol–water partition coefficient (Wildman–Crippen LogP) is 1.36. The van der Waals surface area contributed by atoms with Crippen LogP contribution in [0.4, 0.5) is 8.78 Å². The molecule has 21 heavy (non-hydrogen) atoms. The molecule has 8 heteroatoms. The Kier molecular flexibility index (Phi) is 5.49. The highest BCUT2D eigenvalue weighted by Gasteiger charge is 2.19. The zero-order valence-electron chi connectivity index (χ0n) is 11.4. The summed E-state index contributed by atoms with van der Waals surface area (Å²) in [5.74, 6) is 0.215. The first kappa shape index (κ1) is 16.1. The largest absolute Gasteiger partial charge is 0.488 e. The molecule has 1 unspecified atom stereocenters. The molecule has 1 saturated heterocycles. The Morgan fingerprint density at radius 3 is 2.62 bits per heavy atom. The fourth-order valence-electron chi connectivity index (χ4n) is 2.10. The van der Waals surface area contributed by atoms with Gasteiger partial charge in [0.05, 0.1) is 4.90 Å². The van der Waals surface area contributed by atoms with E-state index in [-0.39, 0.29) is 16.7 Å². The first-order chi connectivity index (χ1) is 9.97. The maximum absolute atomic E-state index is 12.1. The Morgan fingerprint density at radius 2 is 2.05 bits per heavy atom. The van der Waals surface area contributed by atoms with Crippen molar-refractivity contribution in [2.24, 2.45) is 0 Å². The van der Waals surface area contributed by atoms with Crippen molar-refractivity contribution >= 4 is 10.0 Å². The molecular weight excluding hydrogens is 302 g/mol. The van der Waals surface area contributed by atoms with Crippen molar-refractivity contribution in [3.05, 3.63) is 24.3 Å². The molecule has 2 rings (SSSR count). The second kappa shape index (κ2) is 7.15. The summed E-state index contributed by atoms with van der Waals surface area (Å²) in [5, 5.41) is 3.20. The molecule has 0 aliphatic carbocycles. The van der Waals surface area contributed by atoms with Crippen LogP contribution < -0.4 is 14.8 Å². The minimum atomic E-state index is -3.59. The zero-order chi connectivity index (χ0) is 15.3. The highest BCUT2D eigenvalue weighted by molar-refractivity contribution is 7.89. The third kappa shape index (κ3) is 4.90. The van der Waals surface area contributed by atoms with Crippen LogP contribution in [0, 0.1) is 0 Å². The van der Waals surface area contributed by atoms with Crippen molar-refractivity contribution in [2.45, 2.75) is 30.2 Å². The Bertz CT molecular complexity index is 543. The smallest absolute Gasteiger partial charge is 0.272 e. The van der Waals surface area contributed by atoms with E-state index in [9.17, 15) is 17.2 Å². The molecule has 1 aromatic carbocycles. The number of halogens is 2. The number of ether oxygens (including phenoxy) is 1. The molecule has 0 bridgehead atoms. The summed E-state index contributed by atoms with van der Waals surface area (Å²) in [5.41, 5.74) is 0. The first-order valence-electron chi connectivity index (χ1n) is 6.71. The molecule has 1 aromatic rings. The topological polar surface area (TPSA) is 67.4 Å². The zero-order valence-corrected chi connectivity index (χ0v) is 12.2. The van der Waals surface area contributed by atoms with Gasteiger partial charge >= 0.3 is 0 Å². The average Bonchev–Trinajstić information content (AvgIpc) is 2.97. The van der Waals surface area contributed by atoms with E-state index in [0.717, 1.165) is 19.4 Å². The minimum Gasteiger partial charge on any atom is -0.488 e. The summed E-state index contributed by atoms with van der Waals surface area (Å²) in [6.07, 6.45) is -0.570. The molecule has 0 radical (unpaired) electrons. The Balaban J connectivity index is 1.92. The molecule has 0 saturated carbocycles. The Hall–Kier alpha value is -1.25. The van der Waals surface area contributed by atoms with Gasteiger partial charge in [-0.25, -0.2) is 21.9 Å². The van der Waals surface area contributed by atoms with Crippen molar-refractivity contribution < 1.29 is 21.9 Å². The third-order valence-corrected chi connectivity index (χ3v) is 4.63. The van der Waals surface area contributed by atoms with Crippen LogP contribution in [0.2, 0.25) is 0 Å². The highest BCUT2D eigenvalue weighted by atomic mass is 32.2. The molecule has 1 aliphatic heterocycles. The average molecular weight is 320 g/mol. The van der Waals surface area contributed by atoms with Gasteiger partial charge in [0, 0.05) is 12.6 Å². The van der Waals surface area contributed by atoms with Crippen molar-refractivity contribution in [3.8, 4) is 5.75 Å². The molecule has 0 aromatic heterocycles. The van der Waals surface area contributed by atoms with E-state index >= 15 is 0 Å². The van der Waals surface area contributed by atoms with Crippen LogP contribution in [0.15, 0.2) is 29.2 Å². The van der Waals surface area contributed by atoms with Gasteiger partial charge in [0.2, 0.25) is 10.0 Å². The molecular formula is C13H18F2N2O3S. The van der Waals surface area contributed by atoms with E-state index in [2.05, 4.69) is 10.0 Å². The lowest BCUT2D eigenvalue weighted by atomic mass is 10.2. The van der Waals surface area contributed by atoms with Crippen LogP contribution in [-0.2, 0) is 10.0 Å². The summed E-state index contributed by atoms with van der Waals surface area (Å²) in [4.78, 5) is 0.0879. The monoisotopic (exact) mass is 320 g/mol. The summed E-state index contributed by atoms with van der Waals surface area (Å²) in [6.45, 7) is 0.534. The lowest BCUT2D eigenvalue weighted by molar-refractivity contribution is 0.0819. The standard InChI is InChI=1S/C13H18F2N2O3S/c14-13(15)9-20-11-3-5-12(6-4-11)21(18,19)17-8-10-2-1-7-16-10/h3-6,10,13,16-17H,1-2,7-9H2. The quantitative estimate of drug-likeness (QED) is 0.796. The molecule has 1 heterocycles. The van der Waals surface area contributed by atoms with Crippen molar-refractivity contribution in [3.63, 3.8) is 0 Å². The Morgan fingerprint density at radius 1 is 1.33 bits per heavy atom. The number of sulfonamides is 1. The fourth-order valence-corrected chi connectivity index (χ4v) is 3.18. The van der Waals surface area contributed by atoms with Crippen LogP contribution in [0.5, 0.6) is 5.75 Å². The number of nitrogens with one attached hydrogen (secondary N) is 2. The van der Waals surface area contributed by atoms with E-state index in [1.807, 2.05) is 0 Å². The third-order valence-electron chi connectivity index (χ3n) is 3.19. The second-order valence-corrected chi connectivity index (χ2v) is 6.59. The van der Waals surface area contributed by atoms with Gasteiger partial charge in [-0.15, -0.1) is 0 Å². The van der Waals surface area contributed by atoms with Crippen molar-refractivity contribution in [1.82, 2.24) is 10.0 Å². The van der Waals surface area contributed by atoms with Gasteiger partial charge < -0.3 is 10.1 Å². The molecule has 5 nitrogen and oxygen atoms in total. The summed E-state index contributed by atoms with van der Waals surface area (Å²) in [7, 11) is -3.59. The number of rotatable bonds is 7. The van der Waals surface area contributed by atoms with Gasteiger partial charge in [0.25, 0.3) is 6.43 Å². The summed E-state index contributed by atoms with van der Waals surface area (Å²) in [6, 6.07) is 5.57. The normalized spacial score (nSPS) is 19.1. The Labute approximate surface area is 122 Å². The van der Waals surface area contributed by atoms with Gasteiger partial charge in [-0.05, 0) is 43.7 Å². The van der Waals surface area contributed by atoms with E-state index in [1.165, 1.54) is 24.3 Å². The predicted molar refractivity (Wildman–Crippen MR) is 74.2 cm³/mol. The van der Waals surface area contributed by atoms with Crippen LogP contribution >= 0.6 is 0 Å². The van der Waals surface area contributed by atoms with Crippen LogP contribution in [0.3, 0.4) is 0 Å². The molecule has 0 spiro atoms. The number of alkyl halides is 2. The minimum absolute atomic E-state index is 0.0879. The molecule has 2 N–H and O–H groups in total.